The first-order valence-electron chi connectivity index (χ1n) is 5.72. The van der Waals surface area contributed by atoms with Crippen molar-refractivity contribution in [2.45, 2.75) is 19.4 Å². The van der Waals surface area contributed by atoms with Gasteiger partial charge in [0.1, 0.15) is 0 Å². The van der Waals surface area contributed by atoms with E-state index >= 15 is 0 Å². The molecule has 0 radical (unpaired) electrons. The maximum Gasteiger partial charge on any atom is 0.320 e. The SMILES string of the molecule is CCOC(=O)CN1CCOC(CC(=O)OC)C1. The summed E-state index contributed by atoms with van der Waals surface area (Å²) in [6.45, 7) is 4.15. The summed E-state index contributed by atoms with van der Waals surface area (Å²) in [5, 5.41) is 0. The van der Waals surface area contributed by atoms with Crippen molar-refractivity contribution >= 4 is 11.9 Å². The number of nitrogens with zero attached hydrogens (tertiary/aromatic N) is 1. The molecule has 1 heterocycles. The minimum atomic E-state index is -0.298. The Hall–Kier alpha value is -1.14. The summed E-state index contributed by atoms with van der Waals surface area (Å²) in [6.07, 6.45) is 0.0150. The zero-order chi connectivity index (χ0) is 12.7. The Labute approximate surface area is 101 Å². The van der Waals surface area contributed by atoms with E-state index in [0.29, 0.717) is 26.3 Å². The molecule has 1 unspecified atom stereocenters. The van der Waals surface area contributed by atoms with Crippen LogP contribution in [0.5, 0.6) is 0 Å². The molecule has 1 aliphatic heterocycles. The van der Waals surface area contributed by atoms with Gasteiger partial charge in [-0.3, -0.25) is 14.5 Å². The monoisotopic (exact) mass is 245 g/mol. The van der Waals surface area contributed by atoms with Crippen molar-refractivity contribution in [1.82, 2.24) is 4.90 Å². The minimum Gasteiger partial charge on any atom is -0.469 e. The van der Waals surface area contributed by atoms with Gasteiger partial charge in [-0.1, -0.05) is 0 Å². The summed E-state index contributed by atoms with van der Waals surface area (Å²) < 4.78 is 14.9. The molecule has 1 saturated heterocycles. The molecule has 98 valence electrons. The standard InChI is InChI=1S/C11H19NO5/c1-3-16-11(14)8-12-4-5-17-9(7-12)6-10(13)15-2/h9H,3-8H2,1-2H3. The maximum absolute atomic E-state index is 11.3. The van der Waals surface area contributed by atoms with Gasteiger partial charge in [-0.15, -0.1) is 0 Å². The third-order valence-corrected chi connectivity index (χ3v) is 2.50. The normalized spacial score (nSPS) is 20.9. The number of ether oxygens (including phenoxy) is 3. The summed E-state index contributed by atoms with van der Waals surface area (Å²) >= 11 is 0. The first kappa shape index (κ1) is 13.9. The van der Waals surface area contributed by atoms with Crippen LogP contribution in [0.4, 0.5) is 0 Å². The van der Waals surface area contributed by atoms with Gasteiger partial charge < -0.3 is 14.2 Å². The number of hydrogen-bond donors (Lipinski definition) is 0. The fourth-order valence-corrected chi connectivity index (χ4v) is 1.71. The Morgan fingerprint density at radius 3 is 2.82 bits per heavy atom. The molecule has 1 aliphatic rings. The highest BCUT2D eigenvalue weighted by molar-refractivity contribution is 5.71. The second-order valence-electron chi connectivity index (χ2n) is 3.81. The number of carbonyl (C=O) groups is 2. The zero-order valence-electron chi connectivity index (χ0n) is 10.3. The molecule has 0 aromatic rings. The van der Waals surface area contributed by atoms with Crippen LogP contribution in [-0.4, -0.2) is 62.9 Å². The van der Waals surface area contributed by atoms with Crippen LogP contribution < -0.4 is 0 Å². The van der Waals surface area contributed by atoms with Crippen LogP contribution in [0.15, 0.2) is 0 Å². The van der Waals surface area contributed by atoms with Crippen molar-refractivity contribution in [2.75, 3.05) is 40.0 Å². The lowest BCUT2D eigenvalue weighted by atomic mass is 10.2. The van der Waals surface area contributed by atoms with E-state index in [9.17, 15) is 9.59 Å². The van der Waals surface area contributed by atoms with Gasteiger partial charge in [-0.05, 0) is 6.92 Å². The minimum absolute atomic E-state index is 0.203. The maximum atomic E-state index is 11.3. The van der Waals surface area contributed by atoms with Crippen molar-refractivity contribution < 1.29 is 23.8 Å². The van der Waals surface area contributed by atoms with Crippen molar-refractivity contribution in [3.8, 4) is 0 Å². The van der Waals surface area contributed by atoms with Gasteiger partial charge in [0.05, 0.1) is 39.4 Å². The summed E-state index contributed by atoms with van der Waals surface area (Å²) in [7, 11) is 1.35. The van der Waals surface area contributed by atoms with Gasteiger partial charge in [-0.2, -0.15) is 0 Å². The Balaban J connectivity index is 2.33. The fourth-order valence-electron chi connectivity index (χ4n) is 1.71. The molecule has 0 N–H and O–H groups in total. The Kier molecular flexibility index (Phi) is 5.93. The van der Waals surface area contributed by atoms with E-state index in [-0.39, 0.29) is 31.0 Å². The lowest BCUT2D eigenvalue weighted by Gasteiger charge is -2.31. The molecule has 1 atom stereocenters. The van der Waals surface area contributed by atoms with Crippen molar-refractivity contribution in [3.05, 3.63) is 0 Å². The highest BCUT2D eigenvalue weighted by Crippen LogP contribution is 2.09. The van der Waals surface area contributed by atoms with E-state index in [1.807, 2.05) is 4.90 Å². The average Bonchev–Trinajstić information content (AvgIpc) is 2.29. The van der Waals surface area contributed by atoms with Crippen LogP contribution in [0.3, 0.4) is 0 Å². The topological polar surface area (TPSA) is 65.1 Å². The predicted octanol–water partition coefficient (Wildman–Crippen LogP) is -0.187. The molecule has 0 aliphatic carbocycles. The second kappa shape index (κ2) is 7.24. The number of hydrogen-bond acceptors (Lipinski definition) is 6. The van der Waals surface area contributed by atoms with Crippen LogP contribution in [0.2, 0.25) is 0 Å². The van der Waals surface area contributed by atoms with Crippen LogP contribution in [0, 0.1) is 0 Å². The third-order valence-electron chi connectivity index (χ3n) is 2.50. The first-order chi connectivity index (χ1) is 8.15. The molecule has 1 rings (SSSR count). The van der Waals surface area contributed by atoms with Gasteiger partial charge in [0.2, 0.25) is 0 Å². The molecule has 0 spiro atoms. The highest BCUT2D eigenvalue weighted by Gasteiger charge is 2.24. The molecule has 6 nitrogen and oxygen atoms in total. The molecule has 0 saturated carbocycles. The molecular weight excluding hydrogens is 226 g/mol. The van der Waals surface area contributed by atoms with Crippen molar-refractivity contribution in [3.63, 3.8) is 0 Å². The largest absolute Gasteiger partial charge is 0.469 e. The van der Waals surface area contributed by atoms with Gasteiger partial charge in [0.25, 0.3) is 0 Å². The van der Waals surface area contributed by atoms with E-state index in [2.05, 4.69) is 4.74 Å². The molecule has 1 fully saturated rings. The summed E-state index contributed by atoms with van der Waals surface area (Å²) in [4.78, 5) is 24.3. The predicted molar refractivity (Wildman–Crippen MR) is 59.4 cm³/mol. The smallest absolute Gasteiger partial charge is 0.320 e. The number of morpholine rings is 1. The molecule has 0 bridgehead atoms. The molecule has 0 aromatic carbocycles. The average molecular weight is 245 g/mol. The highest BCUT2D eigenvalue weighted by atomic mass is 16.5. The molecule has 0 amide bonds. The van der Waals surface area contributed by atoms with Gasteiger partial charge >= 0.3 is 11.9 Å². The lowest BCUT2D eigenvalue weighted by Crippen LogP contribution is -2.45. The third kappa shape index (κ3) is 5.14. The van der Waals surface area contributed by atoms with E-state index < -0.39 is 0 Å². The van der Waals surface area contributed by atoms with E-state index in [1.54, 1.807) is 6.92 Å². The molecule has 0 aromatic heterocycles. The fraction of sp³-hybridized carbons (Fsp3) is 0.818. The second-order valence-corrected chi connectivity index (χ2v) is 3.81. The van der Waals surface area contributed by atoms with E-state index in [0.717, 1.165) is 0 Å². The number of methoxy groups -OCH3 is 1. The molecule has 6 heteroatoms. The summed E-state index contributed by atoms with van der Waals surface area (Å²) in [5.41, 5.74) is 0. The number of carbonyl (C=O) groups excluding carboxylic acids is 2. The van der Waals surface area contributed by atoms with Crippen LogP contribution in [0.25, 0.3) is 0 Å². The van der Waals surface area contributed by atoms with Crippen LogP contribution in [0.1, 0.15) is 13.3 Å². The first-order valence-corrected chi connectivity index (χ1v) is 5.72. The Morgan fingerprint density at radius 1 is 1.41 bits per heavy atom. The zero-order valence-corrected chi connectivity index (χ0v) is 10.3. The van der Waals surface area contributed by atoms with E-state index in [4.69, 9.17) is 9.47 Å². The van der Waals surface area contributed by atoms with Gasteiger partial charge in [0.15, 0.2) is 0 Å². The van der Waals surface area contributed by atoms with E-state index in [1.165, 1.54) is 7.11 Å². The quantitative estimate of drug-likeness (QED) is 0.626. The number of esters is 2. The van der Waals surface area contributed by atoms with Crippen LogP contribution in [-0.2, 0) is 23.8 Å². The lowest BCUT2D eigenvalue weighted by molar-refractivity contribution is -0.148. The Bertz CT molecular complexity index is 269. The molecule has 17 heavy (non-hydrogen) atoms. The summed E-state index contributed by atoms with van der Waals surface area (Å²) in [5.74, 6) is -0.542. The van der Waals surface area contributed by atoms with Crippen molar-refractivity contribution in [2.24, 2.45) is 0 Å². The van der Waals surface area contributed by atoms with Crippen LogP contribution >= 0.6 is 0 Å². The van der Waals surface area contributed by atoms with Gasteiger partial charge in [-0.25, -0.2) is 0 Å². The van der Waals surface area contributed by atoms with Crippen molar-refractivity contribution in [1.29, 1.82) is 0 Å². The number of rotatable bonds is 5. The van der Waals surface area contributed by atoms with Gasteiger partial charge in [0, 0.05) is 13.1 Å². The summed E-state index contributed by atoms with van der Waals surface area (Å²) in [6, 6.07) is 0. The molecular formula is C11H19NO5. The Morgan fingerprint density at radius 2 is 2.18 bits per heavy atom.